The van der Waals surface area contributed by atoms with Crippen LogP contribution in [0.25, 0.3) is 0 Å². The van der Waals surface area contributed by atoms with Crippen LogP contribution in [-0.2, 0) is 12.8 Å². The molecule has 0 amide bonds. The van der Waals surface area contributed by atoms with Gasteiger partial charge in [0, 0.05) is 12.8 Å². The Hall–Kier alpha value is -2.00. The monoisotopic (exact) mass is 266 g/mol. The van der Waals surface area contributed by atoms with E-state index in [1.54, 1.807) is 0 Å². The van der Waals surface area contributed by atoms with Crippen molar-refractivity contribution in [2.45, 2.75) is 12.8 Å². The predicted molar refractivity (Wildman–Crippen MR) is 78.4 cm³/mol. The van der Waals surface area contributed by atoms with Crippen molar-refractivity contribution in [2.24, 2.45) is 0 Å². The zero-order valence-corrected chi connectivity index (χ0v) is 11.3. The maximum Gasteiger partial charge on any atom is 0.146 e. The summed E-state index contributed by atoms with van der Waals surface area (Å²) in [6.07, 6.45) is 1.68. The van der Waals surface area contributed by atoms with Crippen LogP contribution in [0.3, 0.4) is 0 Å². The molecule has 0 atom stereocenters. The number of rotatable bonds is 4. The van der Waals surface area contributed by atoms with Crippen molar-refractivity contribution < 1.29 is 0 Å². The Balaban J connectivity index is 1.70. The fraction of sp³-hybridized carbons (Fsp3) is 0.125. The normalized spacial score (nSPS) is 10.5. The van der Waals surface area contributed by atoms with Gasteiger partial charge in [0.2, 0.25) is 0 Å². The van der Waals surface area contributed by atoms with Gasteiger partial charge in [-0.05, 0) is 22.7 Å². The van der Waals surface area contributed by atoms with Gasteiger partial charge in [-0.3, -0.25) is 0 Å². The quantitative estimate of drug-likeness (QED) is 0.719. The highest BCUT2D eigenvalue weighted by atomic mass is 32.1. The lowest BCUT2D eigenvalue weighted by Gasteiger charge is -1.96. The van der Waals surface area contributed by atoms with Gasteiger partial charge in [0.1, 0.15) is 10.8 Å². The second-order valence-corrected chi connectivity index (χ2v) is 5.27. The van der Waals surface area contributed by atoms with Gasteiger partial charge >= 0.3 is 0 Å². The fourth-order valence-electron chi connectivity index (χ4n) is 1.98. The third kappa shape index (κ3) is 3.26. The van der Waals surface area contributed by atoms with Gasteiger partial charge in [0.05, 0.1) is 0 Å². The molecule has 0 aliphatic rings. The summed E-state index contributed by atoms with van der Waals surface area (Å²) in [5.41, 5.74) is 2.54. The van der Waals surface area contributed by atoms with E-state index in [-0.39, 0.29) is 0 Å². The molecular weight excluding hydrogens is 252 g/mol. The summed E-state index contributed by atoms with van der Waals surface area (Å²) < 4.78 is 4.44. The third-order valence-electron chi connectivity index (χ3n) is 2.91. The van der Waals surface area contributed by atoms with Crippen molar-refractivity contribution in [1.29, 1.82) is 0 Å². The molecule has 0 spiro atoms. The van der Waals surface area contributed by atoms with E-state index in [0.717, 1.165) is 23.7 Å². The molecule has 0 saturated heterocycles. The summed E-state index contributed by atoms with van der Waals surface area (Å²) in [7, 11) is 0. The van der Waals surface area contributed by atoms with E-state index in [0.29, 0.717) is 0 Å². The predicted octanol–water partition coefficient (Wildman–Crippen LogP) is 3.72. The average Bonchev–Trinajstić information content (AvgIpc) is 2.88. The fourth-order valence-corrected chi connectivity index (χ4v) is 2.68. The van der Waals surface area contributed by atoms with Crippen molar-refractivity contribution in [3.8, 4) is 0 Å². The molecule has 3 aromatic rings. The molecule has 0 N–H and O–H groups in total. The maximum absolute atomic E-state index is 4.61. The van der Waals surface area contributed by atoms with Crippen molar-refractivity contribution >= 4 is 11.5 Å². The van der Waals surface area contributed by atoms with E-state index in [1.807, 2.05) is 24.3 Å². The van der Waals surface area contributed by atoms with Crippen LogP contribution in [-0.4, -0.2) is 9.36 Å². The maximum atomic E-state index is 4.61. The van der Waals surface area contributed by atoms with Crippen LogP contribution in [0.2, 0.25) is 0 Å². The molecule has 1 heterocycles. The SMILES string of the molecule is c1ccc(Cc2nsc(Cc3ccccc3)n2)cc1. The summed E-state index contributed by atoms with van der Waals surface area (Å²) in [6, 6.07) is 20.7. The van der Waals surface area contributed by atoms with Crippen LogP contribution in [0, 0.1) is 0 Å². The van der Waals surface area contributed by atoms with Crippen LogP contribution >= 0.6 is 11.5 Å². The van der Waals surface area contributed by atoms with Crippen LogP contribution in [0.5, 0.6) is 0 Å². The van der Waals surface area contributed by atoms with Gasteiger partial charge < -0.3 is 0 Å². The first-order valence-electron chi connectivity index (χ1n) is 6.29. The highest BCUT2D eigenvalue weighted by Gasteiger charge is 2.05. The van der Waals surface area contributed by atoms with E-state index < -0.39 is 0 Å². The molecular formula is C16H14N2S. The van der Waals surface area contributed by atoms with E-state index in [2.05, 4.69) is 45.8 Å². The number of hydrogen-bond donors (Lipinski definition) is 0. The number of aromatic nitrogens is 2. The van der Waals surface area contributed by atoms with Crippen molar-refractivity contribution in [3.05, 3.63) is 82.6 Å². The third-order valence-corrected chi connectivity index (χ3v) is 3.66. The standard InChI is InChI=1S/C16H14N2S/c1-3-7-13(8-4-1)11-15-17-16(19-18-15)12-14-9-5-2-6-10-14/h1-10H,11-12H2. The lowest BCUT2D eigenvalue weighted by Crippen LogP contribution is -1.92. The Kier molecular flexibility index (Phi) is 3.65. The lowest BCUT2D eigenvalue weighted by atomic mass is 10.1. The Bertz CT molecular complexity index is 576. The van der Waals surface area contributed by atoms with E-state index in [4.69, 9.17) is 0 Å². The van der Waals surface area contributed by atoms with Crippen molar-refractivity contribution in [3.63, 3.8) is 0 Å². The topological polar surface area (TPSA) is 25.8 Å². The minimum absolute atomic E-state index is 0.812. The zero-order valence-electron chi connectivity index (χ0n) is 10.5. The largest absolute Gasteiger partial charge is 0.224 e. The van der Waals surface area contributed by atoms with Crippen molar-refractivity contribution in [2.75, 3.05) is 0 Å². The minimum Gasteiger partial charge on any atom is -0.224 e. The average molecular weight is 266 g/mol. The molecule has 2 aromatic carbocycles. The van der Waals surface area contributed by atoms with Crippen LogP contribution in [0.4, 0.5) is 0 Å². The number of hydrogen-bond acceptors (Lipinski definition) is 3. The van der Waals surface area contributed by atoms with Gasteiger partial charge in [0.15, 0.2) is 0 Å². The smallest absolute Gasteiger partial charge is 0.146 e. The van der Waals surface area contributed by atoms with Gasteiger partial charge in [-0.25, -0.2) is 4.98 Å². The molecule has 3 heteroatoms. The first kappa shape index (κ1) is 12.1. The van der Waals surface area contributed by atoms with Crippen LogP contribution < -0.4 is 0 Å². The summed E-state index contributed by atoms with van der Waals surface area (Å²) in [6.45, 7) is 0. The molecule has 1 aromatic heterocycles. The van der Waals surface area contributed by atoms with E-state index in [9.17, 15) is 0 Å². The molecule has 0 aliphatic carbocycles. The summed E-state index contributed by atoms with van der Waals surface area (Å²) in [5, 5.41) is 1.08. The molecule has 94 valence electrons. The number of nitrogens with zero attached hydrogens (tertiary/aromatic N) is 2. The molecule has 0 radical (unpaired) electrons. The Morgan fingerprint density at radius 3 is 1.95 bits per heavy atom. The van der Waals surface area contributed by atoms with E-state index >= 15 is 0 Å². The Morgan fingerprint density at radius 2 is 1.32 bits per heavy atom. The molecule has 0 saturated carbocycles. The van der Waals surface area contributed by atoms with Gasteiger partial charge in [-0.1, -0.05) is 60.7 Å². The van der Waals surface area contributed by atoms with Gasteiger partial charge in [-0.15, -0.1) is 0 Å². The first-order chi connectivity index (χ1) is 9.40. The van der Waals surface area contributed by atoms with Crippen molar-refractivity contribution in [1.82, 2.24) is 9.36 Å². The minimum atomic E-state index is 0.812. The molecule has 19 heavy (non-hydrogen) atoms. The molecule has 0 aliphatic heterocycles. The highest BCUT2D eigenvalue weighted by Crippen LogP contribution is 2.13. The van der Waals surface area contributed by atoms with Crippen LogP contribution in [0.15, 0.2) is 60.7 Å². The highest BCUT2D eigenvalue weighted by molar-refractivity contribution is 7.05. The lowest BCUT2D eigenvalue weighted by molar-refractivity contribution is 1.00. The number of benzene rings is 2. The second-order valence-electron chi connectivity index (χ2n) is 4.43. The summed E-state index contributed by atoms with van der Waals surface area (Å²) >= 11 is 1.50. The Labute approximate surface area is 116 Å². The molecule has 0 fully saturated rings. The second kappa shape index (κ2) is 5.76. The van der Waals surface area contributed by atoms with E-state index in [1.165, 1.54) is 22.7 Å². The molecule has 3 rings (SSSR count). The molecule has 0 unspecified atom stereocenters. The van der Waals surface area contributed by atoms with Gasteiger partial charge in [0.25, 0.3) is 0 Å². The molecule has 0 bridgehead atoms. The molecule has 2 nitrogen and oxygen atoms in total. The zero-order chi connectivity index (χ0) is 12.9. The summed E-state index contributed by atoms with van der Waals surface area (Å²) in [4.78, 5) is 4.61. The first-order valence-corrected chi connectivity index (χ1v) is 7.07. The Morgan fingerprint density at radius 1 is 0.737 bits per heavy atom. The summed E-state index contributed by atoms with van der Waals surface area (Å²) in [5.74, 6) is 0.919. The van der Waals surface area contributed by atoms with Gasteiger partial charge in [-0.2, -0.15) is 4.37 Å². The van der Waals surface area contributed by atoms with Crippen LogP contribution in [0.1, 0.15) is 22.0 Å².